The fraction of sp³-hybridized carbons (Fsp3) is 0.0800. The normalized spacial score (nSPS) is 11.1. The summed E-state index contributed by atoms with van der Waals surface area (Å²) in [6.45, 7) is 4.00. The molecule has 0 aliphatic rings. The van der Waals surface area contributed by atoms with Crippen molar-refractivity contribution < 1.29 is 0 Å². The molecular weight excluding hydrogens is 372 g/mol. The van der Waals surface area contributed by atoms with Gasteiger partial charge in [-0.05, 0) is 54.8 Å². The maximum absolute atomic E-state index is 13.1. The number of H-pyrrole nitrogens is 1. The first-order valence-corrected chi connectivity index (χ1v) is 9.68. The maximum atomic E-state index is 13.1. The van der Waals surface area contributed by atoms with Crippen LogP contribution in [-0.2, 0) is 0 Å². The quantitative estimate of drug-likeness (QED) is 0.461. The Hall–Kier alpha value is -4.17. The van der Waals surface area contributed by atoms with Crippen molar-refractivity contribution in [2.45, 2.75) is 13.8 Å². The molecule has 5 rings (SSSR count). The lowest BCUT2D eigenvalue weighted by molar-refractivity contribution is 0.895. The number of hydrogen-bond donors (Lipinski definition) is 1. The lowest BCUT2D eigenvalue weighted by atomic mass is 10.0. The number of benzene rings is 3. The van der Waals surface area contributed by atoms with E-state index < -0.39 is 0 Å². The van der Waals surface area contributed by atoms with E-state index in [1.54, 1.807) is 12.1 Å². The van der Waals surface area contributed by atoms with Gasteiger partial charge in [-0.25, -0.2) is 9.50 Å². The summed E-state index contributed by atoms with van der Waals surface area (Å²) in [5.41, 5.74) is 7.70. The van der Waals surface area contributed by atoms with Crippen LogP contribution in [0.3, 0.4) is 0 Å². The number of nitriles is 1. The molecule has 0 amide bonds. The van der Waals surface area contributed by atoms with Gasteiger partial charge in [0.15, 0.2) is 5.65 Å². The summed E-state index contributed by atoms with van der Waals surface area (Å²) in [7, 11) is 0. The summed E-state index contributed by atoms with van der Waals surface area (Å²) in [6.07, 6.45) is 0. The van der Waals surface area contributed by atoms with Gasteiger partial charge in [-0.1, -0.05) is 48.0 Å². The first kappa shape index (κ1) is 17.9. The molecule has 1 N–H and O–H groups in total. The second kappa shape index (κ2) is 6.71. The molecule has 0 aliphatic heterocycles. The minimum absolute atomic E-state index is 0.122. The van der Waals surface area contributed by atoms with Gasteiger partial charge in [0.2, 0.25) is 0 Å². The second-order valence-corrected chi connectivity index (χ2v) is 7.47. The lowest BCUT2D eigenvalue weighted by Gasteiger charge is -2.06. The van der Waals surface area contributed by atoms with E-state index in [1.807, 2.05) is 44.2 Å². The predicted octanol–water partition coefficient (Wildman–Crippen LogP) is 5.00. The highest BCUT2D eigenvalue weighted by molar-refractivity contribution is 5.88. The van der Waals surface area contributed by atoms with Crippen molar-refractivity contribution in [3.63, 3.8) is 0 Å². The molecule has 0 radical (unpaired) electrons. The molecule has 0 unspecified atom stereocenters. The van der Waals surface area contributed by atoms with Gasteiger partial charge in [0.25, 0.3) is 5.56 Å². The fourth-order valence-corrected chi connectivity index (χ4v) is 3.83. The van der Waals surface area contributed by atoms with Crippen molar-refractivity contribution >= 4 is 16.6 Å². The summed E-state index contributed by atoms with van der Waals surface area (Å²) in [5, 5.41) is 12.7. The maximum Gasteiger partial charge on any atom is 0.280 e. The van der Waals surface area contributed by atoms with Crippen molar-refractivity contribution in [2.24, 2.45) is 0 Å². The standard InChI is InChI=1S/C25H18N4O/c1-15-3-7-19(8-4-15)23-16(2)28-29-24(23)27-22-13-20(11-12-21(22)25(29)30)18-9-5-17(14-26)6-10-18/h3-13,28H,1-2H3. The highest BCUT2D eigenvalue weighted by atomic mass is 16.1. The van der Waals surface area contributed by atoms with E-state index >= 15 is 0 Å². The largest absolute Gasteiger partial charge is 0.293 e. The monoisotopic (exact) mass is 390 g/mol. The highest BCUT2D eigenvalue weighted by Crippen LogP contribution is 2.29. The minimum Gasteiger partial charge on any atom is -0.293 e. The third kappa shape index (κ3) is 2.78. The van der Waals surface area contributed by atoms with E-state index in [9.17, 15) is 4.79 Å². The van der Waals surface area contributed by atoms with Crippen LogP contribution >= 0.6 is 0 Å². The van der Waals surface area contributed by atoms with Crippen LogP contribution in [0.1, 0.15) is 16.8 Å². The molecule has 5 nitrogen and oxygen atoms in total. The van der Waals surface area contributed by atoms with Crippen LogP contribution in [0.15, 0.2) is 71.5 Å². The lowest BCUT2D eigenvalue weighted by Crippen LogP contribution is -2.15. The molecule has 0 bridgehead atoms. The summed E-state index contributed by atoms with van der Waals surface area (Å²) >= 11 is 0. The Morgan fingerprint density at radius 1 is 0.900 bits per heavy atom. The summed E-state index contributed by atoms with van der Waals surface area (Å²) in [6, 6.07) is 23.4. The van der Waals surface area contributed by atoms with Crippen LogP contribution < -0.4 is 5.56 Å². The van der Waals surface area contributed by atoms with Gasteiger partial charge < -0.3 is 0 Å². The first-order chi connectivity index (χ1) is 14.5. The van der Waals surface area contributed by atoms with E-state index in [4.69, 9.17) is 10.2 Å². The van der Waals surface area contributed by atoms with E-state index in [0.717, 1.165) is 27.9 Å². The van der Waals surface area contributed by atoms with Crippen LogP contribution in [0.5, 0.6) is 0 Å². The third-order valence-electron chi connectivity index (χ3n) is 5.44. The molecular formula is C25H18N4O. The van der Waals surface area contributed by atoms with Crippen molar-refractivity contribution in [2.75, 3.05) is 0 Å². The van der Waals surface area contributed by atoms with Gasteiger partial charge in [-0.2, -0.15) is 5.26 Å². The van der Waals surface area contributed by atoms with Crippen LogP contribution in [0.4, 0.5) is 0 Å². The predicted molar refractivity (Wildman–Crippen MR) is 118 cm³/mol. The highest BCUT2D eigenvalue weighted by Gasteiger charge is 2.16. The average molecular weight is 390 g/mol. The summed E-state index contributed by atoms with van der Waals surface area (Å²) in [4.78, 5) is 18.0. The Bertz CT molecular complexity index is 1520. The first-order valence-electron chi connectivity index (χ1n) is 9.68. The molecule has 2 aromatic heterocycles. The van der Waals surface area contributed by atoms with E-state index in [1.165, 1.54) is 10.1 Å². The Labute approximate surface area is 172 Å². The summed E-state index contributed by atoms with van der Waals surface area (Å²) in [5.74, 6) is 0. The Morgan fingerprint density at radius 2 is 1.57 bits per heavy atom. The number of aromatic nitrogens is 3. The Morgan fingerprint density at radius 3 is 2.27 bits per heavy atom. The number of nitrogens with one attached hydrogen (secondary N) is 1. The van der Waals surface area contributed by atoms with Crippen LogP contribution in [-0.4, -0.2) is 14.6 Å². The van der Waals surface area contributed by atoms with Crippen LogP contribution in [0.2, 0.25) is 0 Å². The Balaban J connectivity index is 1.75. The topological polar surface area (TPSA) is 73.9 Å². The molecule has 5 aromatic rings. The van der Waals surface area contributed by atoms with Crippen molar-refractivity contribution in [1.82, 2.24) is 14.6 Å². The van der Waals surface area contributed by atoms with E-state index in [-0.39, 0.29) is 5.56 Å². The fourth-order valence-electron chi connectivity index (χ4n) is 3.83. The molecule has 0 aliphatic carbocycles. The number of aryl methyl sites for hydroxylation is 2. The number of hydrogen-bond acceptors (Lipinski definition) is 3. The molecule has 0 atom stereocenters. The van der Waals surface area contributed by atoms with Crippen LogP contribution in [0.25, 0.3) is 38.8 Å². The average Bonchev–Trinajstić information content (AvgIpc) is 3.10. The molecule has 2 heterocycles. The zero-order valence-electron chi connectivity index (χ0n) is 16.6. The van der Waals surface area contributed by atoms with Gasteiger partial charge in [0.05, 0.1) is 22.5 Å². The molecule has 0 saturated heterocycles. The Kier molecular flexibility index (Phi) is 4.00. The second-order valence-electron chi connectivity index (χ2n) is 7.47. The molecule has 3 aromatic carbocycles. The molecule has 0 saturated carbocycles. The number of rotatable bonds is 2. The molecule has 5 heteroatoms. The molecule has 144 valence electrons. The smallest absolute Gasteiger partial charge is 0.280 e. The van der Waals surface area contributed by atoms with Gasteiger partial charge >= 0.3 is 0 Å². The van der Waals surface area contributed by atoms with Gasteiger partial charge in [0.1, 0.15) is 0 Å². The van der Waals surface area contributed by atoms with Crippen LogP contribution in [0, 0.1) is 25.2 Å². The van der Waals surface area contributed by atoms with Crippen molar-refractivity contribution in [3.05, 3.63) is 93.9 Å². The third-order valence-corrected chi connectivity index (χ3v) is 5.44. The molecule has 30 heavy (non-hydrogen) atoms. The molecule has 0 fully saturated rings. The number of nitrogens with zero attached hydrogens (tertiary/aromatic N) is 3. The van der Waals surface area contributed by atoms with E-state index in [2.05, 4.69) is 35.4 Å². The number of aromatic amines is 1. The minimum atomic E-state index is -0.122. The van der Waals surface area contributed by atoms with Gasteiger partial charge in [-0.15, -0.1) is 0 Å². The van der Waals surface area contributed by atoms with Gasteiger partial charge in [0, 0.05) is 11.3 Å². The van der Waals surface area contributed by atoms with Gasteiger partial charge in [-0.3, -0.25) is 9.89 Å². The number of fused-ring (bicyclic) bond motifs is 2. The van der Waals surface area contributed by atoms with Crippen molar-refractivity contribution in [1.29, 1.82) is 5.26 Å². The summed E-state index contributed by atoms with van der Waals surface area (Å²) < 4.78 is 1.52. The zero-order valence-corrected chi connectivity index (χ0v) is 16.6. The zero-order chi connectivity index (χ0) is 20.8. The van der Waals surface area contributed by atoms with E-state index in [0.29, 0.717) is 22.1 Å². The SMILES string of the molecule is Cc1ccc(-c2c(C)[nH]n3c(=O)c4ccc(-c5ccc(C#N)cc5)cc4nc23)cc1. The van der Waals surface area contributed by atoms with Crippen molar-refractivity contribution in [3.8, 4) is 28.3 Å². The molecule has 0 spiro atoms.